The number of hydrogen-bond acceptors (Lipinski definition) is 1. The monoisotopic (exact) mass is 176 g/mol. The molecule has 0 aliphatic rings. The zero-order chi connectivity index (χ0) is 4.83. The molecule has 0 aromatic carbocycles. The van der Waals surface area contributed by atoms with Gasteiger partial charge >= 0.3 is 51.4 Å². The van der Waals surface area contributed by atoms with Gasteiger partial charge in [-0.25, -0.2) is 0 Å². The second kappa shape index (κ2) is 16.0. The van der Waals surface area contributed by atoms with Gasteiger partial charge in [-0.3, -0.25) is 0 Å². The molecule has 8 heavy (non-hydrogen) atoms. The first-order valence-electron chi connectivity index (χ1n) is 2.14. The number of carbonyl (C=O) groups is 1. The molecule has 0 unspecified atom stereocenters. The molecule has 0 aromatic rings. The molecule has 3 heteroatoms. The minimum Gasteiger partial charge on any atom is -1.00 e. The van der Waals surface area contributed by atoms with Gasteiger partial charge in [-0.1, -0.05) is 6.42 Å². The third-order valence-electron chi connectivity index (χ3n) is 0.572. The Morgan fingerprint density at radius 3 is 2.25 bits per heavy atom. The van der Waals surface area contributed by atoms with Crippen LogP contribution in [0.3, 0.4) is 0 Å². The topological polar surface area (TPSA) is 17.1 Å². The second-order valence-corrected chi connectivity index (χ2v) is 1.16. The average molecular weight is 176 g/mol. The van der Waals surface area contributed by atoms with Gasteiger partial charge in [0.15, 0.2) is 0 Å². The van der Waals surface area contributed by atoms with E-state index in [-0.39, 0.29) is 71.4 Å². The van der Waals surface area contributed by atoms with E-state index in [1.165, 1.54) is 0 Å². The molecular formula is C5H10KOV-. The van der Waals surface area contributed by atoms with E-state index in [9.17, 15) is 4.79 Å². The van der Waals surface area contributed by atoms with Crippen LogP contribution >= 0.6 is 0 Å². The smallest absolute Gasteiger partial charge is 1.00 e. The van der Waals surface area contributed by atoms with Crippen molar-refractivity contribution in [1.29, 1.82) is 0 Å². The van der Waals surface area contributed by atoms with E-state index in [4.69, 9.17) is 0 Å². The first-order chi connectivity index (χ1) is 2.91. The van der Waals surface area contributed by atoms with Gasteiger partial charge in [0.25, 0.3) is 0 Å². The summed E-state index contributed by atoms with van der Waals surface area (Å²) in [5.74, 6) is 0. The average Bonchev–Trinajstić information content (AvgIpc) is 1.61. The quantitative estimate of drug-likeness (QED) is 0.217. The first-order valence-corrected chi connectivity index (χ1v) is 2.14. The van der Waals surface area contributed by atoms with Crippen molar-refractivity contribution in [3.63, 3.8) is 0 Å². The molecule has 0 rings (SSSR count). The molecule has 43 valence electrons. The molecular weight excluding hydrogens is 166 g/mol. The molecule has 0 aliphatic carbocycles. The number of rotatable bonds is 3. The molecule has 1 nitrogen and oxygen atoms in total. The van der Waals surface area contributed by atoms with Gasteiger partial charge in [0.05, 0.1) is 0 Å². The van der Waals surface area contributed by atoms with Crippen LogP contribution in [0.15, 0.2) is 0 Å². The molecule has 0 aliphatic heterocycles. The van der Waals surface area contributed by atoms with Gasteiger partial charge < -0.3 is 13.1 Å². The summed E-state index contributed by atoms with van der Waals surface area (Å²) in [6, 6.07) is 0. The van der Waals surface area contributed by atoms with E-state index in [0.29, 0.717) is 6.42 Å². The molecule has 0 amide bonds. The molecule has 0 spiro atoms. The van der Waals surface area contributed by atoms with Crippen molar-refractivity contribution in [2.75, 3.05) is 0 Å². The Bertz CT molecular complexity index is 45.9. The largest absolute Gasteiger partial charge is 1.00 e. The molecule has 0 saturated carbocycles. The Balaban J connectivity index is -0.0000000417. The zero-order valence-electron chi connectivity index (χ0n) is 6.26. The van der Waals surface area contributed by atoms with Crippen LogP contribution in [0.1, 0.15) is 20.7 Å². The van der Waals surface area contributed by atoms with Gasteiger partial charge in [0, 0.05) is 25.0 Å². The number of unbranched alkanes of at least 4 members (excludes halogenated alkanes) is 2. The summed E-state index contributed by atoms with van der Waals surface area (Å²) in [7, 11) is 0. The van der Waals surface area contributed by atoms with E-state index in [1.54, 1.807) is 0 Å². The second-order valence-electron chi connectivity index (χ2n) is 1.16. The van der Waals surface area contributed by atoms with Crippen LogP contribution in [0.5, 0.6) is 0 Å². The maximum atomic E-state index is 9.54. The van der Waals surface area contributed by atoms with Crippen molar-refractivity contribution in [2.45, 2.75) is 19.3 Å². The van der Waals surface area contributed by atoms with Crippen LogP contribution in [-0.2, 0) is 23.4 Å². The molecule has 0 N–H and O–H groups in total. The van der Waals surface area contributed by atoms with Crippen LogP contribution in [0.25, 0.3) is 0 Å². The van der Waals surface area contributed by atoms with Gasteiger partial charge in [-0.2, -0.15) is 6.42 Å². The Kier molecular flexibility index (Phi) is 32.8. The third-order valence-corrected chi connectivity index (χ3v) is 0.572. The van der Waals surface area contributed by atoms with E-state index in [1.807, 2.05) is 0 Å². The molecule has 0 heterocycles. The van der Waals surface area contributed by atoms with Crippen molar-refractivity contribution in [3.8, 4) is 0 Å². The van der Waals surface area contributed by atoms with E-state index < -0.39 is 0 Å². The third kappa shape index (κ3) is 15.7. The molecule has 0 fully saturated rings. The summed E-state index contributed by atoms with van der Waals surface area (Å²) in [6.07, 6.45) is 3.40. The molecule has 0 aromatic heterocycles. The summed E-state index contributed by atoms with van der Waals surface area (Å²) in [6.45, 7) is 3.56. The Labute approximate surface area is 107 Å². The first kappa shape index (κ1) is 16.5. The summed E-state index contributed by atoms with van der Waals surface area (Å²) in [5.41, 5.74) is 0. The molecule has 1 radical (unpaired) electrons. The van der Waals surface area contributed by atoms with Crippen molar-refractivity contribution in [3.05, 3.63) is 6.92 Å². The molecule has 0 atom stereocenters. The predicted octanol–water partition coefficient (Wildman–Crippen LogP) is -1.70. The number of hydrogen-bond donors (Lipinski definition) is 0. The van der Waals surface area contributed by atoms with Gasteiger partial charge in [0.1, 0.15) is 6.29 Å². The zero-order valence-corrected chi connectivity index (χ0v) is 9.78. The van der Waals surface area contributed by atoms with Crippen LogP contribution in [0, 0.1) is 6.92 Å². The maximum Gasteiger partial charge on any atom is 1.00 e. The van der Waals surface area contributed by atoms with Crippen molar-refractivity contribution in [1.82, 2.24) is 0 Å². The van der Waals surface area contributed by atoms with E-state index in [2.05, 4.69) is 6.92 Å². The summed E-state index contributed by atoms with van der Waals surface area (Å²) in [5, 5.41) is 0. The standard InChI is InChI=1S/C5H9O.K.V.H/c1-2-3-4-5-6;;;/h5H,1-4H2;;;/q-1;+1;;-1. The summed E-state index contributed by atoms with van der Waals surface area (Å²) in [4.78, 5) is 9.54. The Hall–Kier alpha value is 1.89. The number of aldehydes is 1. The van der Waals surface area contributed by atoms with Crippen LogP contribution in [-0.4, -0.2) is 6.29 Å². The van der Waals surface area contributed by atoms with Gasteiger partial charge in [-0.15, -0.1) is 0 Å². The van der Waals surface area contributed by atoms with Crippen LogP contribution in [0.4, 0.5) is 0 Å². The fraction of sp³-hybridized carbons (Fsp3) is 0.600. The fourth-order valence-electron chi connectivity index (χ4n) is 0.228. The Morgan fingerprint density at radius 2 is 2.12 bits per heavy atom. The van der Waals surface area contributed by atoms with E-state index >= 15 is 0 Å². The molecule has 0 saturated heterocycles. The maximum absolute atomic E-state index is 9.54. The van der Waals surface area contributed by atoms with Crippen molar-refractivity contribution >= 4 is 6.29 Å². The van der Waals surface area contributed by atoms with Crippen LogP contribution in [0.2, 0.25) is 0 Å². The number of carbonyl (C=O) groups excluding carboxylic acids is 1. The van der Waals surface area contributed by atoms with Gasteiger partial charge in [-0.05, 0) is 0 Å². The van der Waals surface area contributed by atoms with Gasteiger partial charge in [0.2, 0.25) is 0 Å². The predicted molar refractivity (Wildman–Crippen MR) is 26.4 cm³/mol. The van der Waals surface area contributed by atoms with E-state index in [0.717, 1.165) is 19.1 Å². The fourth-order valence-corrected chi connectivity index (χ4v) is 0.228. The van der Waals surface area contributed by atoms with Crippen molar-refractivity contribution < 1.29 is 76.2 Å². The summed E-state index contributed by atoms with van der Waals surface area (Å²) >= 11 is 0. The minimum absolute atomic E-state index is 0. The normalized spacial score (nSPS) is 6.12. The SMILES string of the molecule is [CH2-]CCCC=O.[H-].[K+].[V]. The minimum atomic E-state index is 0. The Morgan fingerprint density at radius 1 is 1.62 bits per heavy atom. The van der Waals surface area contributed by atoms with Crippen LogP contribution < -0.4 is 51.4 Å². The summed E-state index contributed by atoms with van der Waals surface area (Å²) < 4.78 is 0. The molecule has 0 bridgehead atoms. The van der Waals surface area contributed by atoms with Crippen molar-refractivity contribution in [2.24, 2.45) is 0 Å².